The van der Waals surface area contributed by atoms with E-state index in [2.05, 4.69) is 93.5 Å². The average molecular weight is 615 g/mol. The maximum atomic E-state index is 13.8. The Hall–Kier alpha value is -2.35. The lowest BCUT2D eigenvalue weighted by Crippen LogP contribution is -2.62. The van der Waals surface area contributed by atoms with Crippen molar-refractivity contribution in [1.82, 2.24) is 19.6 Å². The summed E-state index contributed by atoms with van der Waals surface area (Å²) in [5.41, 5.74) is 1.68. The van der Waals surface area contributed by atoms with Gasteiger partial charge in [0.2, 0.25) is 5.91 Å². The smallest absolute Gasteiger partial charge is 0.410 e. The van der Waals surface area contributed by atoms with Crippen LogP contribution in [0.3, 0.4) is 0 Å². The molecule has 8 heteroatoms. The molecule has 0 aromatic heterocycles. The topological polar surface area (TPSA) is 56.3 Å². The van der Waals surface area contributed by atoms with Crippen molar-refractivity contribution in [2.24, 2.45) is 10.8 Å². The van der Waals surface area contributed by atoms with E-state index in [1.54, 1.807) is 4.90 Å². The number of halogens is 1. The van der Waals surface area contributed by atoms with Crippen molar-refractivity contribution < 1.29 is 14.3 Å². The minimum atomic E-state index is -0.516. The number of rotatable bonds is 7. The number of ether oxygens (including phenoxy) is 1. The van der Waals surface area contributed by atoms with E-state index in [0.29, 0.717) is 39.3 Å². The van der Waals surface area contributed by atoms with Gasteiger partial charge in [0.25, 0.3) is 0 Å². The zero-order chi connectivity index (χ0) is 32.2. The van der Waals surface area contributed by atoms with Gasteiger partial charge in [0, 0.05) is 68.3 Å². The fourth-order valence-electron chi connectivity index (χ4n) is 6.07. The molecular formula is C35H55ClN4O3. The Morgan fingerprint density at radius 2 is 1.56 bits per heavy atom. The van der Waals surface area contributed by atoms with Crippen LogP contribution in [0.4, 0.5) is 4.79 Å². The van der Waals surface area contributed by atoms with Crippen LogP contribution in [0, 0.1) is 10.8 Å². The molecule has 240 valence electrons. The van der Waals surface area contributed by atoms with Crippen LogP contribution in [-0.4, -0.2) is 95.6 Å². The summed E-state index contributed by atoms with van der Waals surface area (Å²) in [4.78, 5) is 34.9. The third-order valence-corrected chi connectivity index (χ3v) is 8.85. The van der Waals surface area contributed by atoms with E-state index >= 15 is 0 Å². The summed E-state index contributed by atoms with van der Waals surface area (Å²) in [5, 5.41) is 0.732. The van der Waals surface area contributed by atoms with Crippen molar-refractivity contribution in [3.05, 3.63) is 58.7 Å². The van der Waals surface area contributed by atoms with Crippen LogP contribution < -0.4 is 0 Å². The Balaban J connectivity index is 1.76. The average Bonchev–Trinajstić information content (AvgIpc) is 2.91. The van der Waals surface area contributed by atoms with Crippen molar-refractivity contribution in [2.75, 3.05) is 52.4 Å². The monoisotopic (exact) mass is 614 g/mol. The van der Waals surface area contributed by atoms with Gasteiger partial charge in [-0.3, -0.25) is 14.6 Å². The second kappa shape index (κ2) is 14.2. The molecule has 43 heavy (non-hydrogen) atoms. The molecule has 2 amide bonds. The Bertz CT molecular complexity index is 1160. The highest BCUT2D eigenvalue weighted by Gasteiger charge is 2.43. The molecule has 0 spiro atoms. The molecule has 0 saturated carbocycles. The summed E-state index contributed by atoms with van der Waals surface area (Å²) in [6.45, 7) is 26.2. The highest BCUT2D eigenvalue weighted by molar-refractivity contribution is 6.30. The van der Waals surface area contributed by atoms with Gasteiger partial charge in [-0.2, -0.15) is 0 Å². The molecule has 2 saturated heterocycles. The SMILES string of the molecule is C/C=C(C)\C=C/C(C)(C)C(c1ccc(Cl)cc1)N1CCN(C(=O)CN2CCN(C(=O)OC(C)(C)C)CC2)C(C(C)(C)C)C1. The van der Waals surface area contributed by atoms with Crippen molar-refractivity contribution in [2.45, 2.75) is 86.9 Å². The Kier molecular flexibility index (Phi) is 11.6. The molecule has 3 rings (SSSR count). The number of hydrogen-bond donors (Lipinski definition) is 0. The van der Waals surface area contributed by atoms with Crippen molar-refractivity contribution in [1.29, 1.82) is 0 Å². The third kappa shape index (κ3) is 9.82. The molecule has 1 aromatic carbocycles. The van der Waals surface area contributed by atoms with Gasteiger partial charge in [-0.15, -0.1) is 0 Å². The molecule has 0 N–H and O–H groups in total. The first-order valence-electron chi connectivity index (χ1n) is 15.7. The van der Waals surface area contributed by atoms with Gasteiger partial charge in [-0.05, 0) is 57.7 Å². The summed E-state index contributed by atoms with van der Waals surface area (Å²) in [5.74, 6) is 0.163. The van der Waals surface area contributed by atoms with Crippen LogP contribution in [0.1, 0.15) is 80.8 Å². The van der Waals surface area contributed by atoms with Crippen LogP contribution in [-0.2, 0) is 9.53 Å². The predicted octanol–water partition coefficient (Wildman–Crippen LogP) is 7.04. The lowest BCUT2D eigenvalue weighted by atomic mass is 9.77. The predicted molar refractivity (Wildman–Crippen MR) is 177 cm³/mol. The quantitative estimate of drug-likeness (QED) is 0.308. The molecule has 0 bridgehead atoms. The maximum absolute atomic E-state index is 13.8. The van der Waals surface area contributed by atoms with Crippen LogP contribution >= 0.6 is 11.6 Å². The lowest BCUT2D eigenvalue weighted by Gasteiger charge is -2.52. The second-order valence-electron chi connectivity index (χ2n) is 14.8. The molecule has 7 nitrogen and oxygen atoms in total. The van der Waals surface area contributed by atoms with Crippen molar-refractivity contribution >= 4 is 23.6 Å². The first-order chi connectivity index (χ1) is 19.9. The van der Waals surface area contributed by atoms with Crippen molar-refractivity contribution in [3.63, 3.8) is 0 Å². The van der Waals surface area contributed by atoms with E-state index in [1.807, 2.05) is 32.9 Å². The normalized spacial score (nSPS) is 20.9. The minimum Gasteiger partial charge on any atom is -0.444 e. The van der Waals surface area contributed by atoms with E-state index < -0.39 is 5.60 Å². The molecule has 0 aliphatic carbocycles. The van der Waals surface area contributed by atoms with Gasteiger partial charge in [0.15, 0.2) is 0 Å². The molecule has 2 fully saturated rings. The van der Waals surface area contributed by atoms with Crippen LogP contribution in [0.25, 0.3) is 0 Å². The molecule has 2 unspecified atom stereocenters. The first kappa shape index (κ1) is 35.1. The van der Waals surface area contributed by atoms with Gasteiger partial charge in [-0.1, -0.05) is 82.2 Å². The molecule has 2 atom stereocenters. The van der Waals surface area contributed by atoms with E-state index in [4.69, 9.17) is 16.3 Å². The van der Waals surface area contributed by atoms with Gasteiger partial charge >= 0.3 is 6.09 Å². The van der Waals surface area contributed by atoms with E-state index in [9.17, 15) is 9.59 Å². The lowest BCUT2D eigenvalue weighted by molar-refractivity contribution is -0.142. The van der Waals surface area contributed by atoms with Crippen LogP contribution in [0.15, 0.2) is 48.1 Å². The minimum absolute atomic E-state index is 0.0589. The molecule has 1 aromatic rings. The van der Waals surface area contributed by atoms with E-state index in [1.165, 1.54) is 11.1 Å². The molecule has 2 aliphatic rings. The zero-order valence-electron chi connectivity index (χ0n) is 28.2. The summed E-state index contributed by atoms with van der Waals surface area (Å²) in [7, 11) is 0. The largest absolute Gasteiger partial charge is 0.444 e. The summed E-state index contributed by atoms with van der Waals surface area (Å²) < 4.78 is 5.54. The maximum Gasteiger partial charge on any atom is 0.410 e. The van der Waals surface area contributed by atoms with Gasteiger partial charge in [0.1, 0.15) is 5.60 Å². The molecule has 0 radical (unpaired) electrons. The Labute approximate surface area is 265 Å². The number of amides is 2. The number of hydrogen-bond acceptors (Lipinski definition) is 5. The zero-order valence-corrected chi connectivity index (χ0v) is 29.0. The van der Waals surface area contributed by atoms with Crippen LogP contribution in [0.5, 0.6) is 0 Å². The molecular weight excluding hydrogens is 560 g/mol. The van der Waals surface area contributed by atoms with Gasteiger partial charge in [0.05, 0.1) is 6.54 Å². The number of piperazine rings is 2. The first-order valence-corrected chi connectivity index (χ1v) is 16.1. The van der Waals surface area contributed by atoms with E-state index in [0.717, 1.165) is 18.1 Å². The van der Waals surface area contributed by atoms with Crippen molar-refractivity contribution in [3.8, 4) is 0 Å². The second-order valence-corrected chi connectivity index (χ2v) is 15.3. The van der Waals surface area contributed by atoms with Gasteiger partial charge in [-0.25, -0.2) is 4.79 Å². The number of carbonyl (C=O) groups is 2. The highest BCUT2D eigenvalue weighted by Crippen LogP contribution is 2.42. The standard InChI is InChI=1S/C35H55ClN4O3/c1-11-26(2)16-17-35(9,10)31(27-12-14-28(36)15-13-27)39-22-23-40(29(24-39)33(3,4)5)30(41)25-37-18-20-38(21-19-37)32(42)43-34(6,7)8/h11-17,29,31H,18-25H2,1-10H3/b17-16-,26-11-. The number of carbonyl (C=O) groups excluding carboxylic acids is 2. The number of benzene rings is 1. The fraction of sp³-hybridized carbons (Fsp3) is 0.657. The third-order valence-electron chi connectivity index (χ3n) is 8.60. The summed E-state index contributed by atoms with van der Waals surface area (Å²) >= 11 is 6.29. The number of nitrogens with zero attached hydrogens (tertiary/aromatic N) is 4. The summed E-state index contributed by atoms with van der Waals surface area (Å²) in [6, 6.07) is 8.42. The molecule has 2 aliphatic heterocycles. The number of allylic oxidation sites excluding steroid dienone is 3. The van der Waals surface area contributed by atoms with Gasteiger partial charge < -0.3 is 14.5 Å². The fourth-order valence-corrected chi connectivity index (χ4v) is 6.19. The Morgan fingerprint density at radius 1 is 0.953 bits per heavy atom. The van der Waals surface area contributed by atoms with E-state index in [-0.39, 0.29) is 34.9 Å². The molecule has 2 heterocycles. The summed E-state index contributed by atoms with van der Waals surface area (Å²) in [6.07, 6.45) is 6.38. The Morgan fingerprint density at radius 3 is 2.09 bits per heavy atom. The van der Waals surface area contributed by atoms with Crippen LogP contribution in [0.2, 0.25) is 5.02 Å². The highest BCUT2D eigenvalue weighted by atomic mass is 35.5.